The molecule has 1 aromatic carbocycles. The van der Waals surface area contributed by atoms with E-state index in [1.54, 1.807) is 7.11 Å². The second-order valence-electron chi connectivity index (χ2n) is 2.51. The first-order valence-electron chi connectivity index (χ1n) is 3.54. The number of hydrogen-bond acceptors (Lipinski definition) is 2. The van der Waals surface area contributed by atoms with E-state index in [0.29, 0.717) is 11.5 Å². The van der Waals surface area contributed by atoms with Gasteiger partial charge in [-0.15, -0.1) is 0 Å². The summed E-state index contributed by atoms with van der Waals surface area (Å²) in [6.45, 7) is 1.97. The monoisotopic (exact) mass is 450 g/mol. The van der Waals surface area contributed by atoms with Crippen LogP contribution in [-0.2, 0) is 0 Å². The summed E-state index contributed by atoms with van der Waals surface area (Å²) < 4.78 is 12.9. The average Bonchev–Trinajstić information content (AvgIpc) is 2.20. The first kappa shape index (κ1) is 12.8. The van der Waals surface area contributed by atoms with Crippen molar-refractivity contribution in [1.82, 2.24) is 0 Å². The van der Waals surface area contributed by atoms with Gasteiger partial charge in [-0.3, -0.25) is 0 Å². The largest absolute Gasteiger partial charge is 0.492 e. The van der Waals surface area contributed by atoms with Crippen molar-refractivity contribution in [3.8, 4) is 11.5 Å². The first-order chi connectivity index (χ1) is 6.54. The van der Waals surface area contributed by atoms with Crippen LogP contribution >= 0.6 is 64.0 Å². The molecule has 0 heterocycles. The van der Waals surface area contributed by atoms with Crippen molar-refractivity contribution in [3.05, 3.63) is 19.0 Å². The van der Waals surface area contributed by atoms with Gasteiger partial charge in [0.05, 0.1) is 16.1 Å². The Kier molecular flexibility index (Phi) is 4.74. The lowest BCUT2D eigenvalue weighted by molar-refractivity contribution is 0.397. The Morgan fingerprint density at radius 3 is 1.93 bits per heavy atom. The molecule has 0 saturated heterocycles. The van der Waals surface area contributed by atoms with E-state index in [1.165, 1.54) is 0 Å². The van der Waals surface area contributed by atoms with Crippen LogP contribution in [0.15, 0.2) is 13.4 Å². The molecular formula is C8H6Br4O2. The smallest absolute Gasteiger partial charge is 0.194 e. The number of methoxy groups -OCH3 is 1. The van der Waals surface area contributed by atoms with Crippen molar-refractivity contribution >= 4 is 64.0 Å². The van der Waals surface area contributed by atoms with E-state index in [9.17, 15) is 0 Å². The lowest BCUT2D eigenvalue weighted by Gasteiger charge is -2.14. The van der Waals surface area contributed by atoms with Gasteiger partial charge >= 0.3 is 0 Å². The Balaban J connectivity index is 3.57. The molecule has 1 aromatic rings. The molecule has 0 spiro atoms. The Morgan fingerprint density at radius 1 is 0.929 bits per heavy atom. The zero-order chi connectivity index (χ0) is 10.9. The molecule has 0 saturated carbocycles. The summed E-state index contributed by atoms with van der Waals surface area (Å²) in [7, 11) is 1.59. The van der Waals surface area contributed by atoms with Crippen LogP contribution in [0.1, 0.15) is 5.56 Å². The lowest BCUT2D eigenvalue weighted by Crippen LogP contribution is -1.93. The van der Waals surface area contributed by atoms with Gasteiger partial charge in [0, 0.05) is 4.47 Å². The molecule has 78 valence electrons. The summed E-state index contributed by atoms with van der Waals surface area (Å²) in [4.78, 5) is 0. The van der Waals surface area contributed by atoms with Gasteiger partial charge in [0.1, 0.15) is 0 Å². The highest BCUT2D eigenvalue weighted by Crippen LogP contribution is 2.48. The lowest BCUT2D eigenvalue weighted by atomic mass is 10.2. The van der Waals surface area contributed by atoms with Gasteiger partial charge < -0.3 is 8.57 Å². The number of halogens is 4. The van der Waals surface area contributed by atoms with Crippen LogP contribution < -0.4 is 8.57 Å². The zero-order valence-corrected chi connectivity index (χ0v) is 13.7. The molecule has 0 unspecified atom stereocenters. The molecule has 0 bridgehead atoms. The second-order valence-corrected chi connectivity index (χ2v) is 5.21. The van der Waals surface area contributed by atoms with Gasteiger partial charge in [-0.2, -0.15) is 0 Å². The molecule has 1 rings (SSSR count). The van der Waals surface area contributed by atoms with Crippen molar-refractivity contribution < 1.29 is 8.57 Å². The quantitative estimate of drug-likeness (QED) is 0.588. The molecule has 0 radical (unpaired) electrons. The molecular weight excluding hydrogens is 448 g/mol. The van der Waals surface area contributed by atoms with E-state index >= 15 is 0 Å². The van der Waals surface area contributed by atoms with Gasteiger partial charge in [-0.05, 0) is 60.3 Å². The van der Waals surface area contributed by atoms with Gasteiger partial charge in [-0.25, -0.2) is 0 Å². The van der Waals surface area contributed by atoms with Crippen molar-refractivity contribution in [3.63, 3.8) is 0 Å². The Hall–Kier alpha value is 0.740. The Morgan fingerprint density at radius 2 is 1.50 bits per heavy atom. The minimum absolute atomic E-state index is 0.594. The standard InChI is InChI=1S/C8H6Br4O2/c1-3-4(9)6(11)8(14-12)7(13-2)5(3)10/h1-2H3. The zero-order valence-electron chi connectivity index (χ0n) is 7.33. The maximum Gasteiger partial charge on any atom is 0.194 e. The molecule has 14 heavy (non-hydrogen) atoms. The third kappa shape index (κ3) is 2.13. The normalized spacial score (nSPS) is 10.1. The highest BCUT2D eigenvalue weighted by Gasteiger charge is 2.19. The highest BCUT2D eigenvalue weighted by molar-refractivity contribution is 9.13. The molecule has 0 fully saturated rings. The molecule has 0 atom stereocenters. The fourth-order valence-corrected chi connectivity index (χ4v) is 3.25. The third-order valence-electron chi connectivity index (χ3n) is 1.74. The van der Waals surface area contributed by atoms with Crippen molar-refractivity contribution in [2.45, 2.75) is 6.92 Å². The summed E-state index contributed by atoms with van der Waals surface area (Å²) in [6, 6.07) is 0. The predicted octanol–water partition coefficient (Wildman–Crippen LogP) is 4.98. The molecule has 0 aliphatic carbocycles. The van der Waals surface area contributed by atoms with Crippen LogP contribution in [0.3, 0.4) is 0 Å². The average molecular weight is 454 g/mol. The van der Waals surface area contributed by atoms with Crippen LogP contribution in [0.2, 0.25) is 0 Å². The first-order valence-corrected chi connectivity index (χ1v) is 6.56. The number of rotatable bonds is 2. The minimum atomic E-state index is 0.594. The fraction of sp³-hybridized carbons (Fsp3) is 0.250. The maximum absolute atomic E-state index is 5.23. The molecule has 0 N–H and O–H groups in total. The van der Waals surface area contributed by atoms with E-state index < -0.39 is 0 Å². The second kappa shape index (κ2) is 5.18. The predicted molar refractivity (Wildman–Crippen MR) is 70.4 cm³/mol. The summed E-state index contributed by atoms with van der Waals surface area (Å²) in [5.41, 5.74) is 1.04. The molecule has 0 amide bonds. The van der Waals surface area contributed by atoms with Crippen LogP contribution in [0.25, 0.3) is 0 Å². The summed E-state index contributed by atoms with van der Waals surface area (Å²) in [5, 5.41) is 0. The van der Waals surface area contributed by atoms with Crippen LogP contribution in [0.5, 0.6) is 11.5 Å². The van der Waals surface area contributed by atoms with Crippen molar-refractivity contribution in [2.75, 3.05) is 7.11 Å². The molecule has 6 heteroatoms. The summed E-state index contributed by atoms with van der Waals surface area (Å²) in [5.74, 6) is 1.24. The molecule has 0 aliphatic rings. The molecule has 0 aromatic heterocycles. The van der Waals surface area contributed by atoms with Gasteiger partial charge in [0.25, 0.3) is 0 Å². The SMILES string of the molecule is COc1c(Br)c(C)c(Br)c(Br)c1OBr. The van der Waals surface area contributed by atoms with Gasteiger partial charge in [0.2, 0.25) is 0 Å². The van der Waals surface area contributed by atoms with E-state index in [4.69, 9.17) is 8.57 Å². The van der Waals surface area contributed by atoms with Crippen LogP contribution in [0.4, 0.5) is 0 Å². The van der Waals surface area contributed by atoms with E-state index in [-0.39, 0.29) is 0 Å². The topological polar surface area (TPSA) is 18.5 Å². The Bertz CT molecular complexity index is 330. The van der Waals surface area contributed by atoms with E-state index in [2.05, 4.69) is 64.0 Å². The number of hydrogen-bond donors (Lipinski definition) is 0. The fourth-order valence-electron chi connectivity index (χ4n) is 0.982. The van der Waals surface area contributed by atoms with Crippen molar-refractivity contribution in [2.24, 2.45) is 0 Å². The van der Waals surface area contributed by atoms with Gasteiger partial charge in [0.15, 0.2) is 27.8 Å². The van der Waals surface area contributed by atoms with Gasteiger partial charge in [-0.1, -0.05) is 0 Å². The van der Waals surface area contributed by atoms with Crippen molar-refractivity contribution in [1.29, 1.82) is 0 Å². The summed E-state index contributed by atoms with van der Waals surface area (Å²) in [6.07, 6.45) is 0. The number of ether oxygens (including phenoxy) is 1. The van der Waals surface area contributed by atoms with E-state index in [1.807, 2.05) is 6.92 Å². The van der Waals surface area contributed by atoms with E-state index in [0.717, 1.165) is 19.0 Å². The molecule has 2 nitrogen and oxygen atoms in total. The number of benzene rings is 1. The summed E-state index contributed by atoms with van der Waals surface area (Å²) >= 11 is 13.2. The minimum Gasteiger partial charge on any atom is -0.492 e. The maximum atomic E-state index is 5.23. The molecule has 0 aliphatic heterocycles. The highest BCUT2D eigenvalue weighted by atomic mass is 79.9. The third-order valence-corrected chi connectivity index (χ3v) is 5.30. The van der Waals surface area contributed by atoms with Crippen LogP contribution in [-0.4, -0.2) is 7.11 Å². The van der Waals surface area contributed by atoms with Crippen LogP contribution in [0, 0.1) is 6.92 Å². The Labute approximate surface area is 116 Å².